The maximum absolute atomic E-state index is 14.2. The Balaban J connectivity index is 2.42. The molecule has 0 aliphatic rings. The van der Waals surface area contributed by atoms with Gasteiger partial charge in [0.15, 0.2) is 5.82 Å². The zero-order chi connectivity index (χ0) is 14.7. The highest BCUT2D eigenvalue weighted by Gasteiger charge is 2.12. The highest BCUT2D eigenvalue weighted by molar-refractivity contribution is 9.10. The third-order valence-corrected chi connectivity index (χ3v) is 3.63. The SMILES string of the molecule is CN(C)c1ccccc1Nc1ccc(C#N)c(Br)c1F. The van der Waals surface area contributed by atoms with E-state index >= 15 is 0 Å². The lowest BCUT2D eigenvalue weighted by Crippen LogP contribution is -2.11. The second kappa shape index (κ2) is 5.93. The molecule has 2 rings (SSSR count). The molecule has 0 radical (unpaired) electrons. The zero-order valence-corrected chi connectivity index (χ0v) is 12.7. The maximum Gasteiger partial charge on any atom is 0.162 e. The molecular weight excluding hydrogens is 321 g/mol. The molecule has 102 valence electrons. The minimum Gasteiger partial charge on any atom is -0.376 e. The molecular formula is C15H13BrFN3. The van der Waals surface area contributed by atoms with Gasteiger partial charge in [0.25, 0.3) is 0 Å². The van der Waals surface area contributed by atoms with Crippen LogP contribution in [0.1, 0.15) is 5.56 Å². The molecule has 0 aliphatic carbocycles. The van der Waals surface area contributed by atoms with Gasteiger partial charge in [-0.15, -0.1) is 0 Å². The zero-order valence-electron chi connectivity index (χ0n) is 11.1. The second-order valence-corrected chi connectivity index (χ2v) is 5.23. The summed E-state index contributed by atoms with van der Waals surface area (Å²) in [4.78, 5) is 1.94. The number of nitriles is 1. The van der Waals surface area contributed by atoms with Gasteiger partial charge in [0, 0.05) is 14.1 Å². The molecule has 0 aromatic heterocycles. The first kappa shape index (κ1) is 14.4. The van der Waals surface area contributed by atoms with Crippen LogP contribution in [0.15, 0.2) is 40.9 Å². The minimum atomic E-state index is -0.474. The van der Waals surface area contributed by atoms with E-state index in [1.54, 1.807) is 12.1 Å². The lowest BCUT2D eigenvalue weighted by atomic mass is 10.2. The summed E-state index contributed by atoms with van der Waals surface area (Å²) in [7, 11) is 3.84. The van der Waals surface area contributed by atoms with Gasteiger partial charge in [-0.25, -0.2) is 4.39 Å². The average Bonchev–Trinajstić information content (AvgIpc) is 2.44. The predicted octanol–water partition coefficient (Wildman–Crippen LogP) is 4.27. The smallest absolute Gasteiger partial charge is 0.162 e. The highest BCUT2D eigenvalue weighted by Crippen LogP contribution is 2.32. The lowest BCUT2D eigenvalue weighted by molar-refractivity contribution is 0.624. The molecule has 0 atom stereocenters. The molecule has 1 N–H and O–H groups in total. The van der Waals surface area contributed by atoms with Gasteiger partial charge in [0.05, 0.1) is 27.1 Å². The first-order valence-electron chi connectivity index (χ1n) is 5.96. The molecule has 3 nitrogen and oxygen atoms in total. The Bertz CT molecular complexity index is 677. The van der Waals surface area contributed by atoms with E-state index in [9.17, 15) is 4.39 Å². The maximum atomic E-state index is 14.2. The molecule has 0 bridgehead atoms. The fraction of sp³-hybridized carbons (Fsp3) is 0.133. The average molecular weight is 334 g/mol. The normalized spacial score (nSPS) is 9.95. The van der Waals surface area contributed by atoms with E-state index in [0.717, 1.165) is 11.4 Å². The minimum absolute atomic E-state index is 0.173. The number of nitrogens with one attached hydrogen (secondary N) is 1. The summed E-state index contributed by atoms with van der Waals surface area (Å²) in [5, 5.41) is 11.9. The van der Waals surface area contributed by atoms with E-state index in [4.69, 9.17) is 5.26 Å². The van der Waals surface area contributed by atoms with Crippen LogP contribution in [0.25, 0.3) is 0 Å². The van der Waals surface area contributed by atoms with Gasteiger partial charge >= 0.3 is 0 Å². The molecule has 0 heterocycles. The van der Waals surface area contributed by atoms with E-state index in [-0.39, 0.29) is 10.0 Å². The number of benzene rings is 2. The van der Waals surface area contributed by atoms with Crippen LogP contribution in [0.3, 0.4) is 0 Å². The molecule has 20 heavy (non-hydrogen) atoms. The third kappa shape index (κ3) is 2.75. The van der Waals surface area contributed by atoms with Crippen LogP contribution < -0.4 is 10.2 Å². The topological polar surface area (TPSA) is 39.1 Å². The van der Waals surface area contributed by atoms with Gasteiger partial charge < -0.3 is 10.2 Å². The van der Waals surface area contributed by atoms with Crippen LogP contribution in [0.2, 0.25) is 0 Å². The quantitative estimate of drug-likeness (QED) is 0.911. The summed E-state index contributed by atoms with van der Waals surface area (Å²) in [6, 6.07) is 12.7. The standard InChI is InChI=1S/C15H13BrFN3/c1-20(2)13-6-4-3-5-11(13)19-12-8-7-10(9-18)14(16)15(12)17/h3-8,19H,1-2H3. The molecule has 0 saturated heterocycles. The van der Waals surface area contributed by atoms with E-state index in [1.165, 1.54) is 0 Å². The highest BCUT2D eigenvalue weighted by atomic mass is 79.9. The Kier molecular flexibility index (Phi) is 4.26. The van der Waals surface area contributed by atoms with Gasteiger partial charge in [-0.2, -0.15) is 5.26 Å². The molecule has 0 amide bonds. The second-order valence-electron chi connectivity index (χ2n) is 4.44. The summed E-state index contributed by atoms with van der Waals surface area (Å²) >= 11 is 3.10. The van der Waals surface area contributed by atoms with Crippen LogP contribution in [0.5, 0.6) is 0 Å². The lowest BCUT2D eigenvalue weighted by Gasteiger charge is -2.19. The van der Waals surface area contributed by atoms with Gasteiger partial charge in [0.1, 0.15) is 6.07 Å². The van der Waals surface area contributed by atoms with Crippen molar-refractivity contribution in [1.82, 2.24) is 0 Å². The molecule has 2 aromatic carbocycles. The number of hydrogen-bond acceptors (Lipinski definition) is 3. The Morgan fingerprint density at radius 1 is 1.15 bits per heavy atom. The van der Waals surface area contributed by atoms with E-state index < -0.39 is 5.82 Å². The fourth-order valence-corrected chi connectivity index (χ4v) is 2.28. The van der Waals surface area contributed by atoms with E-state index in [0.29, 0.717) is 5.69 Å². The summed E-state index contributed by atoms with van der Waals surface area (Å²) < 4.78 is 14.4. The Morgan fingerprint density at radius 2 is 1.85 bits per heavy atom. The van der Waals surface area contributed by atoms with Crippen molar-refractivity contribution in [3.8, 4) is 6.07 Å². The van der Waals surface area contributed by atoms with Crippen molar-refractivity contribution in [3.63, 3.8) is 0 Å². The van der Waals surface area contributed by atoms with Gasteiger partial charge in [-0.3, -0.25) is 0 Å². The van der Waals surface area contributed by atoms with E-state index in [1.807, 2.05) is 49.3 Å². The number of hydrogen-bond donors (Lipinski definition) is 1. The molecule has 5 heteroatoms. The molecule has 0 spiro atoms. The summed E-state index contributed by atoms with van der Waals surface area (Å²) in [6.45, 7) is 0. The Morgan fingerprint density at radius 3 is 2.50 bits per heavy atom. The first-order valence-corrected chi connectivity index (χ1v) is 6.75. The first-order chi connectivity index (χ1) is 9.54. The Labute approximate surface area is 125 Å². The van der Waals surface area contributed by atoms with Crippen molar-refractivity contribution in [2.45, 2.75) is 0 Å². The summed E-state index contributed by atoms with van der Waals surface area (Å²) in [5.41, 5.74) is 2.35. The molecule has 0 fully saturated rings. The molecule has 0 saturated carbocycles. The summed E-state index contributed by atoms with van der Waals surface area (Å²) in [6.07, 6.45) is 0. The Hall–Kier alpha value is -2.06. The molecule has 0 unspecified atom stereocenters. The van der Waals surface area contributed by atoms with Crippen LogP contribution in [-0.2, 0) is 0 Å². The summed E-state index contributed by atoms with van der Waals surface area (Å²) in [5.74, 6) is -0.474. The van der Waals surface area contributed by atoms with Crippen LogP contribution in [0, 0.1) is 17.1 Å². The predicted molar refractivity (Wildman–Crippen MR) is 82.9 cm³/mol. The molecule has 2 aromatic rings. The van der Waals surface area contributed by atoms with Crippen molar-refractivity contribution >= 4 is 33.0 Å². The van der Waals surface area contributed by atoms with E-state index in [2.05, 4.69) is 21.2 Å². The van der Waals surface area contributed by atoms with Crippen molar-refractivity contribution < 1.29 is 4.39 Å². The molecule has 0 aliphatic heterocycles. The fourth-order valence-electron chi connectivity index (χ4n) is 1.85. The van der Waals surface area contributed by atoms with Gasteiger partial charge in [0.2, 0.25) is 0 Å². The van der Waals surface area contributed by atoms with Crippen molar-refractivity contribution in [2.24, 2.45) is 0 Å². The van der Waals surface area contributed by atoms with Crippen LogP contribution in [0.4, 0.5) is 21.5 Å². The number of halogens is 2. The van der Waals surface area contributed by atoms with Crippen molar-refractivity contribution in [3.05, 3.63) is 52.3 Å². The van der Waals surface area contributed by atoms with Crippen LogP contribution >= 0.6 is 15.9 Å². The number of para-hydroxylation sites is 2. The largest absolute Gasteiger partial charge is 0.376 e. The van der Waals surface area contributed by atoms with Gasteiger partial charge in [-0.1, -0.05) is 12.1 Å². The van der Waals surface area contributed by atoms with Crippen LogP contribution in [-0.4, -0.2) is 14.1 Å². The number of anilines is 3. The number of nitrogens with zero attached hydrogens (tertiary/aromatic N) is 2. The van der Waals surface area contributed by atoms with Crippen molar-refractivity contribution in [2.75, 3.05) is 24.3 Å². The third-order valence-electron chi connectivity index (χ3n) is 2.86. The monoisotopic (exact) mass is 333 g/mol. The number of rotatable bonds is 3. The van der Waals surface area contributed by atoms with Gasteiger partial charge in [-0.05, 0) is 40.2 Å². The van der Waals surface area contributed by atoms with Crippen molar-refractivity contribution in [1.29, 1.82) is 5.26 Å².